The molecule has 1 fully saturated rings. The molecule has 1 saturated heterocycles. The molecule has 3 nitrogen and oxygen atoms in total. The number of cyclic esters (lactones) is 2. The Bertz CT molecular complexity index is 619. The summed E-state index contributed by atoms with van der Waals surface area (Å²) in [4.78, 5) is 24.0. The van der Waals surface area contributed by atoms with E-state index in [2.05, 4.69) is 24.3 Å². The molecule has 0 aromatic heterocycles. The quantitative estimate of drug-likeness (QED) is 0.597. The smallest absolute Gasteiger partial charge is 0.316 e. The number of carbonyl (C=O) groups is 2. The summed E-state index contributed by atoms with van der Waals surface area (Å²) >= 11 is 0. The van der Waals surface area contributed by atoms with E-state index in [4.69, 9.17) is 4.74 Å². The van der Waals surface area contributed by atoms with Crippen molar-refractivity contribution in [1.82, 2.24) is 0 Å². The molecule has 24 heavy (non-hydrogen) atoms. The van der Waals surface area contributed by atoms with E-state index in [0.29, 0.717) is 6.42 Å². The van der Waals surface area contributed by atoms with Crippen molar-refractivity contribution in [2.24, 2.45) is 11.8 Å². The maximum Gasteiger partial charge on any atom is 0.316 e. The second kappa shape index (κ2) is 7.91. The number of ether oxygens (including phenoxy) is 1. The number of hydrogen-bond donors (Lipinski definition) is 0. The fourth-order valence-electron chi connectivity index (χ4n) is 3.24. The summed E-state index contributed by atoms with van der Waals surface area (Å²) in [6.45, 7) is 0. The first kappa shape index (κ1) is 16.4. The van der Waals surface area contributed by atoms with E-state index in [0.717, 1.165) is 25.7 Å². The van der Waals surface area contributed by atoms with E-state index < -0.39 is 0 Å². The lowest BCUT2D eigenvalue weighted by Crippen LogP contribution is -2.35. The highest BCUT2D eigenvalue weighted by Crippen LogP contribution is 2.29. The summed E-state index contributed by atoms with van der Waals surface area (Å²) in [6.07, 6.45) is 3.74. The zero-order chi connectivity index (χ0) is 16.8. The van der Waals surface area contributed by atoms with Gasteiger partial charge in [-0.15, -0.1) is 0 Å². The first-order valence-corrected chi connectivity index (χ1v) is 8.56. The largest absolute Gasteiger partial charge is 0.393 e. The van der Waals surface area contributed by atoms with Gasteiger partial charge in [0.05, 0.1) is 11.8 Å². The maximum absolute atomic E-state index is 12.0. The summed E-state index contributed by atoms with van der Waals surface area (Å²) in [5, 5.41) is 0. The second-order valence-electron chi connectivity index (χ2n) is 6.42. The minimum absolute atomic E-state index is 0.177. The highest BCUT2D eigenvalue weighted by Gasteiger charge is 2.36. The molecule has 0 saturated carbocycles. The van der Waals surface area contributed by atoms with Gasteiger partial charge in [0.2, 0.25) is 0 Å². The molecule has 0 spiro atoms. The van der Waals surface area contributed by atoms with E-state index in [9.17, 15) is 9.59 Å². The molecule has 0 aliphatic carbocycles. The minimum Gasteiger partial charge on any atom is -0.393 e. The lowest BCUT2D eigenvalue weighted by atomic mass is 9.85. The van der Waals surface area contributed by atoms with Gasteiger partial charge in [0.25, 0.3) is 0 Å². The van der Waals surface area contributed by atoms with Gasteiger partial charge < -0.3 is 4.74 Å². The van der Waals surface area contributed by atoms with Crippen LogP contribution in [0.2, 0.25) is 0 Å². The first-order chi connectivity index (χ1) is 11.7. The lowest BCUT2D eigenvalue weighted by Gasteiger charge is -2.26. The van der Waals surface area contributed by atoms with Crippen molar-refractivity contribution in [2.45, 2.75) is 32.1 Å². The molecule has 1 heterocycles. The van der Waals surface area contributed by atoms with Crippen LogP contribution < -0.4 is 0 Å². The normalized spacial score (nSPS) is 20.7. The number of benzene rings is 2. The number of carbonyl (C=O) groups excluding carboxylic acids is 2. The molecule has 2 atom stereocenters. The van der Waals surface area contributed by atoms with Crippen LogP contribution in [-0.4, -0.2) is 11.9 Å². The lowest BCUT2D eigenvalue weighted by molar-refractivity contribution is -0.172. The highest BCUT2D eigenvalue weighted by molar-refractivity contribution is 5.90. The fourth-order valence-corrected chi connectivity index (χ4v) is 3.24. The van der Waals surface area contributed by atoms with Crippen LogP contribution in [0.25, 0.3) is 0 Å². The van der Waals surface area contributed by atoms with Gasteiger partial charge in [0, 0.05) is 0 Å². The van der Waals surface area contributed by atoms with Gasteiger partial charge in [-0.3, -0.25) is 9.59 Å². The van der Waals surface area contributed by atoms with Crippen LogP contribution in [0.3, 0.4) is 0 Å². The summed E-state index contributed by atoms with van der Waals surface area (Å²) in [5.41, 5.74) is 2.42. The van der Waals surface area contributed by atoms with Gasteiger partial charge in [-0.25, -0.2) is 0 Å². The van der Waals surface area contributed by atoms with Crippen LogP contribution in [0, 0.1) is 11.8 Å². The molecule has 1 aliphatic rings. The monoisotopic (exact) mass is 322 g/mol. The molecule has 2 aromatic carbocycles. The Balaban J connectivity index is 1.55. The zero-order valence-corrected chi connectivity index (χ0v) is 13.7. The molecule has 3 heteroatoms. The van der Waals surface area contributed by atoms with Crippen molar-refractivity contribution in [3.8, 4) is 0 Å². The summed E-state index contributed by atoms with van der Waals surface area (Å²) in [6, 6.07) is 20.2. The molecule has 1 aliphatic heterocycles. The van der Waals surface area contributed by atoms with Crippen molar-refractivity contribution in [1.29, 1.82) is 0 Å². The fraction of sp³-hybridized carbons (Fsp3) is 0.333. The Morgan fingerprint density at radius 3 is 1.54 bits per heavy atom. The molecule has 0 N–H and O–H groups in total. The predicted octanol–water partition coefficient (Wildman–Crippen LogP) is 3.96. The topological polar surface area (TPSA) is 43.4 Å². The van der Waals surface area contributed by atoms with Gasteiger partial charge in [-0.1, -0.05) is 60.7 Å². The van der Waals surface area contributed by atoms with E-state index in [1.54, 1.807) is 0 Å². The van der Waals surface area contributed by atoms with Crippen LogP contribution in [0.4, 0.5) is 0 Å². The molecule has 0 radical (unpaired) electrons. The Morgan fingerprint density at radius 1 is 0.708 bits per heavy atom. The molecule has 124 valence electrons. The molecule has 2 aromatic rings. The van der Waals surface area contributed by atoms with Crippen LogP contribution >= 0.6 is 0 Å². The average Bonchev–Trinajstić information content (AvgIpc) is 2.62. The van der Waals surface area contributed by atoms with Crippen LogP contribution in [0.5, 0.6) is 0 Å². The number of hydrogen-bond acceptors (Lipinski definition) is 3. The third kappa shape index (κ3) is 4.31. The Labute approximate surface area is 142 Å². The van der Waals surface area contributed by atoms with Gasteiger partial charge in [0.1, 0.15) is 0 Å². The maximum atomic E-state index is 12.0. The highest BCUT2D eigenvalue weighted by atomic mass is 16.6. The van der Waals surface area contributed by atoms with Crippen molar-refractivity contribution < 1.29 is 14.3 Å². The third-order valence-corrected chi connectivity index (χ3v) is 4.69. The van der Waals surface area contributed by atoms with Crippen molar-refractivity contribution in [3.05, 3.63) is 71.8 Å². The molecule has 2 unspecified atom stereocenters. The summed E-state index contributed by atoms with van der Waals surface area (Å²) in [7, 11) is 0. The molecule has 0 amide bonds. The number of aryl methyl sites for hydroxylation is 2. The molecular weight excluding hydrogens is 300 g/mol. The number of esters is 2. The first-order valence-electron chi connectivity index (χ1n) is 8.56. The van der Waals surface area contributed by atoms with Gasteiger partial charge >= 0.3 is 11.9 Å². The van der Waals surface area contributed by atoms with Gasteiger partial charge in [0.15, 0.2) is 0 Å². The van der Waals surface area contributed by atoms with E-state index in [1.807, 2.05) is 36.4 Å². The molecular formula is C21H22O3. The minimum atomic E-state index is -0.355. The van der Waals surface area contributed by atoms with E-state index in [1.165, 1.54) is 11.1 Å². The predicted molar refractivity (Wildman–Crippen MR) is 92.2 cm³/mol. The standard InChI is InChI=1S/C21H22O3/c22-20-18(13-11-16-7-3-1-4-8-16)15-19(21(23)24-20)14-12-17-9-5-2-6-10-17/h1-10,18-19H,11-15H2. The Hall–Kier alpha value is -2.42. The zero-order valence-electron chi connectivity index (χ0n) is 13.7. The van der Waals surface area contributed by atoms with Crippen LogP contribution in [0.1, 0.15) is 30.4 Å². The SMILES string of the molecule is O=C1OC(=O)C(CCc2ccccc2)CC1CCc1ccccc1. The van der Waals surface area contributed by atoms with Crippen LogP contribution in [0.15, 0.2) is 60.7 Å². The number of rotatable bonds is 6. The summed E-state index contributed by atoms with van der Waals surface area (Å²) < 4.78 is 5.01. The average molecular weight is 322 g/mol. The molecule has 3 rings (SSSR count). The second-order valence-corrected chi connectivity index (χ2v) is 6.42. The van der Waals surface area contributed by atoms with Crippen LogP contribution in [-0.2, 0) is 27.2 Å². The Morgan fingerprint density at radius 2 is 1.12 bits per heavy atom. The Kier molecular flexibility index (Phi) is 5.42. The summed E-state index contributed by atoms with van der Waals surface area (Å²) in [5.74, 6) is -1.06. The van der Waals surface area contributed by atoms with Crippen molar-refractivity contribution in [2.75, 3.05) is 0 Å². The van der Waals surface area contributed by atoms with E-state index in [-0.39, 0.29) is 23.8 Å². The molecule has 0 bridgehead atoms. The van der Waals surface area contributed by atoms with Crippen molar-refractivity contribution in [3.63, 3.8) is 0 Å². The van der Waals surface area contributed by atoms with Crippen molar-refractivity contribution >= 4 is 11.9 Å². The van der Waals surface area contributed by atoms with Gasteiger partial charge in [-0.05, 0) is 43.2 Å². The van der Waals surface area contributed by atoms with Gasteiger partial charge in [-0.2, -0.15) is 0 Å². The third-order valence-electron chi connectivity index (χ3n) is 4.69. The van der Waals surface area contributed by atoms with E-state index >= 15 is 0 Å².